The standard InChI is InChI=1S/C8H8.C4H6O2.Na/c1-2-8-6-4-3-5-7-8;1-3-4(5)6-2;/h2-7H,1H2;3H,1H2,2H3;. The first-order valence-corrected chi connectivity index (χ1v) is 4.12. The van der Waals surface area contributed by atoms with E-state index in [-0.39, 0.29) is 29.6 Å². The van der Waals surface area contributed by atoms with Gasteiger partial charge in [0, 0.05) is 35.6 Å². The van der Waals surface area contributed by atoms with Gasteiger partial charge in [0.05, 0.1) is 7.11 Å². The quantitative estimate of drug-likeness (QED) is 0.428. The third-order valence-electron chi connectivity index (χ3n) is 1.40. The Morgan fingerprint density at radius 3 is 2.00 bits per heavy atom. The van der Waals surface area contributed by atoms with Crippen LogP contribution in [-0.4, -0.2) is 42.6 Å². The van der Waals surface area contributed by atoms with Gasteiger partial charge in [0.2, 0.25) is 0 Å². The molecule has 0 aliphatic heterocycles. The molecule has 0 bridgehead atoms. The van der Waals surface area contributed by atoms with Crippen molar-refractivity contribution in [3.8, 4) is 0 Å². The monoisotopic (exact) mass is 213 g/mol. The van der Waals surface area contributed by atoms with Crippen molar-refractivity contribution in [3.05, 3.63) is 55.1 Å². The molecule has 1 aromatic rings. The Bertz CT molecular complexity index is 294. The molecule has 2 nitrogen and oxygen atoms in total. The van der Waals surface area contributed by atoms with Gasteiger partial charge in [0.25, 0.3) is 0 Å². The van der Waals surface area contributed by atoms with Crippen LogP contribution in [0.5, 0.6) is 0 Å². The molecule has 0 saturated heterocycles. The fourth-order valence-electron chi connectivity index (χ4n) is 0.672. The molecule has 0 spiro atoms. The zero-order chi connectivity index (χ0) is 10.8. The molecular formula is C12H14NaO2. The number of carbonyl (C=O) groups is 1. The molecule has 0 unspecified atom stereocenters. The van der Waals surface area contributed by atoms with Gasteiger partial charge in [-0.1, -0.05) is 49.6 Å². The minimum absolute atomic E-state index is 0. The number of esters is 1. The minimum atomic E-state index is -0.394. The normalized spacial score (nSPS) is 7.27. The molecule has 1 aromatic carbocycles. The van der Waals surface area contributed by atoms with Crippen LogP contribution in [0.1, 0.15) is 5.56 Å². The smallest absolute Gasteiger partial charge is 0.329 e. The molecule has 1 radical (unpaired) electrons. The van der Waals surface area contributed by atoms with Gasteiger partial charge < -0.3 is 4.74 Å². The zero-order valence-corrected chi connectivity index (χ0v) is 11.3. The maximum Gasteiger partial charge on any atom is 0.329 e. The van der Waals surface area contributed by atoms with E-state index in [9.17, 15) is 4.79 Å². The van der Waals surface area contributed by atoms with Crippen molar-refractivity contribution in [2.24, 2.45) is 0 Å². The maximum atomic E-state index is 9.84. The zero-order valence-electron chi connectivity index (χ0n) is 9.27. The summed E-state index contributed by atoms with van der Waals surface area (Å²) in [5.74, 6) is -0.394. The van der Waals surface area contributed by atoms with E-state index in [0.29, 0.717) is 0 Å². The number of benzene rings is 1. The van der Waals surface area contributed by atoms with Crippen molar-refractivity contribution in [1.29, 1.82) is 0 Å². The van der Waals surface area contributed by atoms with E-state index < -0.39 is 5.97 Å². The fourth-order valence-corrected chi connectivity index (χ4v) is 0.672. The molecular weight excluding hydrogens is 199 g/mol. The van der Waals surface area contributed by atoms with E-state index in [4.69, 9.17) is 0 Å². The molecule has 0 aliphatic rings. The summed E-state index contributed by atoms with van der Waals surface area (Å²) in [5, 5.41) is 0. The third-order valence-corrected chi connectivity index (χ3v) is 1.40. The Morgan fingerprint density at radius 2 is 1.80 bits per heavy atom. The predicted molar refractivity (Wildman–Crippen MR) is 64.5 cm³/mol. The van der Waals surface area contributed by atoms with Crippen LogP contribution in [0.3, 0.4) is 0 Å². The summed E-state index contributed by atoms with van der Waals surface area (Å²) in [4.78, 5) is 9.84. The van der Waals surface area contributed by atoms with Crippen LogP contribution < -0.4 is 0 Å². The number of rotatable bonds is 2. The van der Waals surface area contributed by atoms with Crippen LogP contribution in [0.2, 0.25) is 0 Å². The van der Waals surface area contributed by atoms with Gasteiger partial charge in [-0.2, -0.15) is 0 Å². The number of hydrogen-bond donors (Lipinski definition) is 0. The Hall–Kier alpha value is -0.830. The molecule has 0 fully saturated rings. The Labute approximate surface area is 113 Å². The van der Waals surface area contributed by atoms with Crippen molar-refractivity contribution in [2.45, 2.75) is 0 Å². The summed E-state index contributed by atoms with van der Waals surface area (Å²) >= 11 is 0. The van der Waals surface area contributed by atoms with Gasteiger partial charge in [-0.15, -0.1) is 0 Å². The molecule has 0 saturated carbocycles. The van der Waals surface area contributed by atoms with Gasteiger partial charge in [-0.25, -0.2) is 4.79 Å². The van der Waals surface area contributed by atoms with E-state index in [2.05, 4.69) is 17.9 Å². The SMILES string of the molecule is C=CC(=O)OC.C=Cc1ccccc1.[Na]. The van der Waals surface area contributed by atoms with E-state index in [1.807, 2.05) is 36.4 Å². The second kappa shape index (κ2) is 11.2. The molecule has 15 heavy (non-hydrogen) atoms. The summed E-state index contributed by atoms with van der Waals surface area (Å²) in [5.41, 5.74) is 1.17. The second-order valence-corrected chi connectivity index (χ2v) is 2.34. The summed E-state index contributed by atoms with van der Waals surface area (Å²) in [7, 11) is 1.31. The molecule has 0 aromatic heterocycles. The summed E-state index contributed by atoms with van der Waals surface area (Å²) < 4.78 is 4.14. The Kier molecular flexibility index (Phi) is 12.4. The Morgan fingerprint density at radius 1 is 1.27 bits per heavy atom. The van der Waals surface area contributed by atoms with Crippen molar-refractivity contribution in [3.63, 3.8) is 0 Å². The Balaban J connectivity index is 0. The molecule has 3 heteroatoms. The van der Waals surface area contributed by atoms with E-state index in [1.54, 1.807) is 0 Å². The summed E-state index contributed by atoms with van der Waals surface area (Å²) in [6.45, 7) is 6.79. The largest absolute Gasteiger partial charge is 0.466 e. The van der Waals surface area contributed by atoms with Crippen molar-refractivity contribution >= 4 is 41.6 Å². The first kappa shape index (κ1) is 16.6. The van der Waals surface area contributed by atoms with Crippen molar-refractivity contribution in [2.75, 3.05) is 7.11 Å². The first-order chi connectivity index (χ1) is 6.74. The van der Waals surface area contributed by atoms with E-state index in [0.717, 1.165) is 6.08 Å². The van der Waals surface area contributed by atoms with Crippen LogP contribution in [0.25, 0.3) is 6.08 Å². The number of ether oxygens (including phenoxy) is 1. The minimum Gasteiger partial charge on any atom is -0.466 e. The average Bonchev–Trinajstić information content (AvgIpc) is 2.30. The summed E-state index contributed by atoms with van der Waals surface area (Å²) in [6.07, 6.45) is 2.94. The van der Waals surface area contributed by atoms with Crippen molar-refractivity contribution < 1.29 is 9.53 Å². The van der Waals surface area contributed by atoms with Crippen LogP contribution >= 0.6 is 0 Å². The second-order valence-electron chi connectivity index (χ2n) is 2.34. The third kappa shape index (κ3) is 9.47. The fraction of sp³-hybridized carbons (Fsp3) is 0.0833. The molecule has 75 valence electrons. The van der Waals surface area contributed by atoms with Gasteiger partial charge in [-0.3, -0.25) is 0 Å². The molecule has 0 aliphatic carbocycles. The van der Waals surface area contributed by atoms with Gasteiger partial charge in [-0.05, 0) is 5.56 Å². The topological polar surface area (TPSA) is 26.3 Å². The molecule has 0 atom stereocenters. The van der Waals surface area contributed by atoms with Crippen LogP contribution in [0, 0.1) is 0 Å². The average molecular weight is 213 g/mol. The predicted octanol–water partition coefficient (Wildman–Crippen LogP) is 2.29. The maximum absolute atomic E-state index is 9.84. The van der Waals surface area contributed by atoms with Gasteiger partial charge in [0.1, 0.15) is 0 Å². The van der Waals surface area contributed by atoms with Gasteiger partial charge >= 0.3 is 5.97 Å². The van der Waals surface area contributed by atoms with Crippen molar-refractivity contribution in [1.82, 2.24) is 0 Å². The number of hydrogen-bond acceptors (Lipinski definition) is 2. The van der Waals surface area contributed by atoms with Crippen LogP contribution in [-0.2, 0) is 9.53 Å². The molecule has 1 rings (SSSR count). The van der Waals surface area contributed by atoms with E-state index >= 15 is 0 Å². The van der Waals surface area contributed by atoms with Crippen LogP contribution in [0.15, 0.2) is 49.6 Å². The molecule has 0 N–H and O–H groups in total. The van der Waals surface area contributed by atoms with Gasteiger partial charge in [0.15, 0.2) is 0 Å². The molecule has 0 amide bonds. The number of carbonyl (C=O) groups excluding carboxylic acids is 1. The summed E-state index contributed by atoms with van der Waals surface area (Å²) in [6, 6.07) is 10.0. The first-order valence-electron chi connectivity index (χ1n) is 4.12. The molecule has 0 heterocycles. The van der Waals surface area contributed by atoms with Crippen LogP contribution in [0.4, 0.5) is 0 Å². The van der Waals surface area contributed by atoms with E-state index in [1.165, 1.54) is 12.7 Å². The number of methoxy groups -OCH3 is 1.